The van der Waals surface area contributed by atoms with Crippen molar-refractivity contribution in [2.75, 3.05) is 0 Å². The van der Waals surface area contributed by atoms with Crippen molar-refractivity contribution in [1.82, 2.24) is 8.80 Å². The third-order valence-electron chi connectivity index (χ3n) is 7.57. The summed E-state index contributed by atoms with van der Waals surface area (Å²) in [4.78, 5) is 0. The summed E-state index contributed by atoms with van der Waals surface area (Å²) in [5.41, 5.74) is 8.46. The third kappa shape index (κ3) is 2.54. The summed E-state index contributed by atoms with van der Waals surface area (Å²) in [5.74, 6) is 0. The Kier molecular flexibility index (Phi) is 4.69. The molecule has 5 aromatic carbocycles. The summed E-state index contributed by atoms with van der Waals surface area (Å²) in [6, 6.07) is 42.1. The molecule has 0 N–H and O–H groups in total. The van der Waals surface area contributed by atoms with Crippen molar-refractivity contribution < 1.29 is 42.1 Å². The Morgan fingerprint density at radius 2 is 1.17 bits per heavy atom. The molecule has 4 aromatic heterocycles. The molecular formula is C32H16N2W2. The zero-order valence-corrected chi connectivity index (χ0v) is 24.8. The minimum Gasteiger partial charge on any atom is -0.408 e. The second kappa shape index (κ2) is 7.66. The summed E-state index contributed by atoms with van der Waals surface area (Å²) in [5, 5.41) is 8.94. The first-order valence-electron chi connectivity index (χ1n) is 11.6. The van der Waals surface area contributed by atoms with E-state index in [-0.39, 0.29) is 42.1 Å². The van der Waals surface area contributed by atoms with Crippen LogP contribution in [0, 0.1) is 12.1 Å². The van der Waals surface area contributed by atoms with Gasteiger partial charge in [-0.15, -0.1) is 29.3 Å². The molecule has 0 amide bonds. The molecule has 4 heteroatoms. The second-order valence-corrected chi connectivity index (χ2v) is 9.23. The van der Waals surface area contributed by atoms with Crippen LogP contribution in [0.25, 0.3) is 76.5 Å². The Bertz CT molecular complexity index is 2220. The summed E-state index contributed by atoms with van der Waals surface area (Å²) >= 11 is 0. The zero-order chi connectivity index (χ0) is 22.0. The average molecular weight is 796 g/mol. The van der Waals surface area contributed by atoms with Crippen molar-refractivity contribution >= 4 is 65.3 Å². The topological polar surface area (TPSA) is 8.82 Å². The second-order valence-electron chi connectivity index (χ2n) is 9.23. The van der Waals surface area contributed by atoms with Crippen LogP contribution in [0.15, 0.2) is 97.1 Å². The predicted octanol–water partition coefficient (Wildman–Crippen LogP) is 8.10. The number of hydrogen-bond donors (Lipinski definition) is 0. The fraction of sp³-hybridized carbons (Fsp3) is 0. The van der Waals surface area contributed by atoms with Crippen LogP contribution in [0.2, 0.25) is 0 Å². The van der Waals surface area contributed by atoms with Gasteiger partial charge >= 0.3 is 21.1 Å². The van der Waals surface area contributed by atoms with Crippen molar-refractivity contribution in [1.29, 1.82) is 0 Å². The Hall–Kier alpha value is -3.18. The maximum Gasteiger partial charge on any atom is 2.00 e. The monoisotopic (exact) mass is 796 g/mol. The van der Waals surface area contributed by atoms with Crippen molar-refractivity contribution in [2.24, 2.45) is 0 Å². The number of nitrogens with zero attached hydrogens (tertiary/aromatic N) is 2. The minimum atomic E-state index is 0. The molecular weight excluding hydrogens is 780 g/mol. The van der Waals surface area contributed by atoms with Gasteiger partial charge in [-0.05, 0) is 34.5 Å². The van der Waals surface area contributed by atoms with Gasteiger partial charge in [-0.2, -0.15) is 30.3 Å². The van der Waals surface area contributed by atoms with Crippen LogP contribution in [0.1, 0.15) is 0 Å². The van der Waals surface area contributed by atoms with E-state index in [0.717, 1.165) is 16.6 Å². The molecule has 36 heavy (non-hydrogen) atoms. The number of rotatable bonds is 1. The van der Waals surface area contributed by atoms with E-state index in [2.05, 4.69) is 106 Å². The first-order chi connectivity index (χ1) is 16.9. The van der Waals surface area contributed by atoms with Crippen molar-refractivity contribution in [3.63, 3.8) is 0 Å². The number of fused-ring (bicyclic) bond motifs is 9. The molecule has 0 aliphatic carbocycles. The van der Waals surface area contributed by atoms with Gasteiger partial charge in [-0.3, -0.25) is 0 Å². The molecule has 9 aromatic rings. The van der Waals surface area contributed by atoms with E-state index in [1.165, 1.54) is 59.9 Å². The molecule has 9 rings (SSSR count). The number of benzene rings is 5. The Morgan fingerprint density at radius 1 is 0.528 bits per heavy atom. The van der Waals surface area contributed by atoms with Gasteiger partial charge in [0.25, 0.3) is 0 Å². The smallest absolute Gasteiger partial charge is 0.408 e. The van der Waals surface area contributed by atoms with Crippen LogP contribution in [-0.2, 0) is 42.1 Å². The van der Waals surface area contributed by atoms with E-state index in [9.17, 15) is 0 Å². The van der Waals surface area contributed by atoms with Gasteiger partial charge in [-0.1, -0.05) is 42.5 Å². The molecule has 0 atom stereocenters. The van der Waals surface area contributed by atoms with E-state index >= 15 is 0 Å². The first-order valence-corrected chi connectivity index (χ1v) is 11.6. The number of para-hydroxylation sites is 3. The minimum absolute atomic E-state index is 0. The summed E-state index contributed by atoms with van der Waals surface area (Å²) in [6.45, 7) is 0. The molecule has 0 unspecified atom stereocenters. The molecule has 4 heterocycles. The molecule has 2 nitrogen and oxygen atoms in total. The third-order valence-corrected chi connectivity index (χ3v) is 7.57. The van der Waals surface area contributed by atoms with Crippen LogP contribution >= 0.6 is 0 Å². The molecule has 0 aliphatic rings. The first kappa shape index (κ1) is 22.0. The van der Waals surface area contributed by atoms with Gasteiger partial charge in [0, 0.05) is 48.1 Å². The molecule has 0 aliphatic heterocycles. The standard InChI is InChI=1S/C32H16N2.2W/c1-2-8-19(9-3-1)28-16-20-10-6-12-23-25-17-29-26(18-30(25)34(28)31(20)23)24-14-7-13-22-21-11-4-5-15-27(21)33(29)32(22)24;;/h1-8,10-15,17-18H;;/q-2;;+2. The Labute approximate surface area is 235 Å². The molecule has 0 saturated heterocycles. The van der Waals surface area contributed by atoms with Gasteiger partial charge in [0.05, 0.1) is 16.6 Å². The predicted molar refractivity (Wildman–Crippen MR) is 141 cm³/mol. The summed E-state index contributed by atoms with van der Waals surface area (Å²) < 4.78 is 4.85. The van der Waals surface area contributed by atoms with Crippen LogP contribution in [0.4, 0.5) is 0 Å². The Morgan fingerprint density at radius 3 is 1.94 bits per heavy atom. The molecule has 0 saturated carbocycles. The normalized spacial score (nSPS) is 12.0. The van der Waals surface area contributed by atoms with E-state index in [1.807, 2.05) is 12.1 Å². The molecule has 0 fully saturated rings. The van der Waals surface area contributed by atoms with Crippen molar-refractivity contribution in [2.45, 2.75) is 0 Å². The van der Waals surface area contributed by atoms with Crippen molar-refractivity contribution in [3.05, 3.63) is 109 Å². The maximum atomic E-state index is 3.66. The van der Waals surface area contributed by atoms with Crippen LogP contribution < -0.4 is 0 Å². The Balaban J connectivity index is 0.00000110. The summed E-state index contributed by atoms with van der Waals surface area (Å²) in [7, 11) is 0. The quantitative estimate of drug-likeness (QED) is 0.149. The maximum absolute atomic E-state index is 3.66. The van der Waals surface area contributed by atoms with E-state index < -0.39 is 0 Å². The van der Waals surface area contributed by atoms with Crippen LogP contribution in [0.5, 0.6) is 0 Å². The molecule has 0 bridgehead atoms. The van der Waals surface area contributed by atoms with E-state index in [1.54, 1.807) is 0 Å². The molecule has 0 spiro atoms. The van der Waals surface area contributed by atoms with Gasteiger partial charge in [-0.25, -0.2) is 5.56 Å². The van der Waals surface area contributed by atoms with Crippen LogP contribution in [0.3, 0.4) is 0 Å². The van der Waals surface area contributed by atoms with E-state index in [4.69, 9.17) is 0 Å². The largest absolute Gasteiger partial charge is 2.00 e. The number of hydrogen-bond acceptors (Lipinski definition) is 0. The van der Waals surface area contributed by atoms with Gasteiger partial charge in [0.1, 0.15) is 0 Å². The fourth-order valence-corrected chi connectivity index (χ4v) is 6.23. The average Bonchev–Trinajstić information content (AvgIpc) is 3.62. The van der Waals surface area contributed by atoms with E-state index in [0.29, 0.717) is 0 Å². The zero-order valence-electron chi connectivity index (χ0n) is 18.9. The SMILES string of the molecule is [W+2].[W].[c-]1ccccc1-c1[c-]c2cccc3c4cc5c(cc4n1c23)c1cccc2c3ccccc3n5c21. The fourth-order valence-electron chi connectivity index (χ4n) is 6.23. The summed E-state index contributed by atoms with van der Waals surface area (Å²) in [6.07, 6.45) is 0. The molecule has 166 valence electrons. The van der Waals surface area contributed by atoms with Crippen molar-refractivity contribution in [3.8, 4) is 11.3 Å². The van der Waals surface area contributed by atoms with Gasteiger partial charge < -0.3 is 8.80 Å². The van der Waals surface area contributed by atoms with Crippen LogP contribution in [-0.4, -0.2) is 8.80 Å². The number of aromatic nitrogens is 2. The molecule has 0 radical (unpaired) electrons. The van der Waals surface area contributed by atoms with Gasteiger partial charge in [0.15, 0.2) is 0 Å². The van der Waals surface area contributed by atoms with Gasteiger partial charge in [0.2, 0.25) is 0 Å².